The van der Waals surface area contributed by atoms with Crippen LogP contribution in [0.5, 0.6) is 5.75 Å². The summed E-state index contributed by atoms with van der Waals surface area (Å²) >= 11 is 0. The van der Waals surface area contributed by atoms with Gasteiger partial charge in [0.2, 0.25) is 0 Å². The minimum absolute atomic E-state index is 0.0598. The molecule has 0 radical (unpaired) electrons. The van der Waals surface area contributed by atoms with Gasteiger partial charge in [-0.2, -0.15) is 0 Å². The molecule has 1 unspecified atom stereocenters. The van der Waals surface area contributed by atoms with Crippen molar-refractivity contribution >= 4 is 5.78 Å². The number of phenolic OH excluding ortho intramolecular Hbond substituents is 1. The minimum atomic E-state index is -0.479. The second-order valence-corrected chi connectivity index (χ2v) is 5.60. The molecule has 1 aromatic rings. The van der Waals surface area contributed by atoms with Crippen LogP contribution in [-0.2, 0) is 6.54 Å². The Balaban J connectivity index is 3.05. The van der Waals surface area contributed by atoms with E-state index in [-0.39, 0.29) is 17.1 Å². The molecule has 0 heterocycles. The summed E-state index contributed by atoms with van der Waals surface area (Å²) < 4.78 is 13.7. The van der Waals surface area contributed by atoms with Crippen LogP contribution in [0.4, 0.5) is 4.39 Å². The van der Waals surface area contributed by atoms with Crippen molar-refractivity contribution in [2.24, 2.45) is 0 Å². The molecule has 0 amide bonds. The number of Topliss-reactive ketones (excluding diaryl/α,β-unsaturated/α-hetero) is 1. The highest BCUT2D eigenvalue weighted by atomic mass is 19.1. The number of carbonyl (C=O) groups excluding carboxylic acids is 1. The Morgan fingerprint density at radius 2 is 2.05 bits per heavy atom. The first-order valence-electron chi connectivity index (χ1n) is 7.67. The average Bonchev–Trinajstić information content (AvgIpc) is 2.45. The average molecular weight is 295 g/mol. The molecule has 0 fully saturated rings. The molecule has 21 heavy (non-hydrogen) atoms. The molecule has 0 spiro atoms. The van der Waals surface area contributed by atoms with E-state index < -0.39 is 5.82 Å². The summed E-state index contributed by atoms with van der Waals surface area (Å²) in [5.74, 6) is -0.891. The number of ketones is 1. The van der Waals surface area contributed by atoms with Crippen LogP contribution in [0, 0.1) is 5.82 Å². The fraction of sp³-hybridized carbons (Fsp3) is 0.588. The second-order valence-electron chi connectivity index (χ2n) is 5.60. The maximum Gasteiger partial charge on any atom is 0.163 e. The van der Waals surface area contributed by atoms with Crippen LogP contribution in [0.3, 0.4) is 0 Å². The smallest absolute Gasteiger partial charge is 0.163 e. The molecular formula is C17H26FNO2. The number of unbranched alkanes of at least 4 members (excludes halogenated alkanes) is 1. The summed E-state index contributed by atoms with van der Waals surface area (Å²) in [4.78, 5) is 13.7. The van der Waals surface area contributed by atoms with Gasteiger partial charge in [-0.3, -0.25) is 9.69 Å². The molecule has 1 N–H and O–H groups in total. The number of rotatable bonds is 8. The molecule has 0 saturated heterocycles. The highest BCUT2D eigenvalue weighted by Crippen LogP contribution is 2.27. The third-order valence-electron chi connectivity index (χ3n) is 3.92. The van der Waals surface area contributed by atoms with E-state index in [4.69, 9.17) is 0 Å². The third kappa shape index (κ3) is 4.81. The number of aromatic hydroxyl groups is 1. The van der Waals surface area contributed by atoms with Gasteiger partial charge in [0, 0.05) is 18.2 Å². The van der Waals surface area contributed by atoms with E-state index in [0.717, 1.165) is 31.9 Å². The maximum atomic E-state index is 13.7. The molecule has 0 aromatic heterocycles. The van der Waals surface area contributed by atoms with Gasteiger partial charge in [0.1, 0.15) is 11.6 Å². The van der Waals surface area contributed by atoms with Crippen molar-refractivity contribution < 1.29 is 14.3 Å². The van der Waals surface area contributed by atoms with Crippen molar-refractivity contribution in [3.63, 3.8) is 0 Å². The molecule has 1 aromatic carbocycles. The van der Waals surface area contributed by atoms with Gasteiger partial charge in [-0.25, -0.2) is 4.39 Å². The predicted octanol–water partition coefficient (Wildman–Crippen LogP) is 4.13. The van der Waals surface area contributed by atoms with Gasteiger partial charge >= 0.3 is 0 Å². The van der Waals surface area contributed by atoms with Gasteiger partial charge in [-0.05, 0) is 45.4 Å². The van der Waals surface area contributed by atoms with Gasteiger partial charge in [-0.15, -0.1) is 0 Å². The van der Waals surface area contributed by atoms with Crippen LogP contribution in [0.25, 0.3) is 0 Å². The fourth-order valence-corrected chi connectivity index (χ4v) is 2.34. The van der Waals surface area contributed by atoms with Crippen LogP contribution in [0.15, 0.2) is 12.1 Å². The van der Waals surface area contributed by atoms with E-state index in [1.807, 2.05) is 0 Å². The van der Waals surface area contributed by atoms with Crippen molar-refractivity contribution in [3.8, 4) is 5.75 Å². The first kappa shape index (κ1) is 17.6. The normalized spacial score (nSPS) is 12.7. The van der Waals surface area contributed by atoms with E-state index in [2.05, 4.69) is 25.7 Å². The van der Waals surface area contributed by atoms with Gasteiger partial charge in [0.05, 0.1) is 5.56 Å². The van der Waals surface area contributed by atoms with Crippen LogP contribution in [0.1, 0.15) is 62.9 Å². The lowest BCUT2D eigenvalue weighted by Crippen LogP contribution is -2.33. The van der Waals surface area contributed by atoms with Gasteiger partial charge < -0.3 is 5.11 Å². The van der Waals surface area contributed by atoms with Gasteiger partial charge in [0.25, 0.3) is 0 Å². The molecule has 0 aliphatic carbocycles. The number of hydrogen-bond donors (Lipinski definition) is 1. The van der Waals surface area contributed by atoms with Crippen molar-refractivity contribution in [1.29, 1.82) is 0 Å². The summed E-state index contributed by atoms with van der Waals surface area (Å²) in [6.45, 7) is 9.05. The monoisotopic (exact) mass is 295 g/mol. The Hall–Kier alpha value is -1.42. The SMILES string of the molecule is CCCCN(Cc1cc(F)cc(C(C)=O)c1O)C(C)CC. The first-order valence-corrected chi connectivity index (χ1v) is 7.67. The van der Waals surface area contributed by atoms with E-state index >= 15 is 0 Å². The Morgan fingerprint density at radius 3 is 2.57 bits per heavy atom. The minimum Gasteiger partial charge on any atom is -0.507 e. The van der Waals surface area contributed by atoms with Crippen LogP contribution in [0.2, 0.25) is 0 Å². The number of carbonyl (C=O) groups is 1. The highest BCUT2D eigenvalue weighted by Gasteiger charge is 2.18. The molecule has 0 saturated carbocycles. The molecule has 118 valence electrons. The Bertz CT molecular complexity index is 488. The lowest BCUT2D eigenvalue weighted by molar-refractivity contribution is 0.101. The predicted molar refractivity (Wildman–Crippen MR) is 83.1 cm³/mol. The van der Waals surface area contributed by atoms with E-state index in [1.165, 1.54) is 13.0 Å². The maximum absolute atomic E-state index is 13.7. The van der Waals surface area contributed by atoms with Crippen molar-refractivity contribution in [3.05, 3.63) is 29.1 Å². The highest BCUT2D eigenvalue weighted by molar-refractivity contribution is 5.97. The van der Waals surface area contributed by atoms with Crippen LogP contribution >= 0.6 is 0 Å². The molecule has 4 heteroatoms. The quantitative estimate of drug-likeness (QED) is 0.733. The summed E-state index contributed by atoms with van der Waals surface area (Å²) in [7, 11) is 0. The molecule has 0 aliphatic heterocycles. The molecule has 0 aliphatic rings. The van der Waals surface area contributed by atoms with Crippen molar-refractivity contribution in [1.82, 2.24) is 4.90 Å². The standard InChI is InChI=1S/C17H26FNO2/c1-5-7-8-19(12(3)6-2)11-14-9-15(18)10-16(13(4)20)17(14)21/h9-10,12,21H,5-8,11H2,1-4H3. The lowest BCUT2D eigenvalue weighted by atomic mass is 10.0. The zero-order valence-electron chi connectivity index (χ0n) is 13.4. The third-order valence-corrected chi connectivity index (χ3v) is 3.92. The fourth-order valence-electron chi connectivity index (χ4n) is 2.34. The summed E-state index contributed by atoms with van der Waals surface area (Å²) in [5.41, 5.74) is 0.543. The van der Waals surface area contributed by atoms with E-state index in [9.17, 15) is 14.3 Å². The van der Waals surface area contributed by atoms with Crippen molar-refractivity contribution in [2.45, 2.75) is 59.5 Å². The lowest BCUT2D eigenvalue weighted by Gasteiger charge is -2.29. The molecule has 0 bridgehead atoms. The van der Waals surface area contributed by atoms with Gasteiger partial charge in [0.15, 0.2) is 5.78 Å². The Morgan fingerprint density at radius 1 is 1.38 bits per heavy atom. The topological polar surface area (TPSA) is 40.5 Å². The summed E-state index contributed by atoms with van der Waals surface area (Å²) in [5, 5.41) is 10.2. The summed E-state index contributed by atoms with van der Waals surface area (Å²) in [6, 6.07) is 2.77. The van der Waals surface area contributed by atoms with Crippen LogP contribution in [-0.4, -0.2) is 28.4 Å². The van der Waals surface area contributed by atoms with E-state index in [0.29, 0.717) is 18.2 Å². The molecule has 1 rings (SSSR count). The first-order chi connectivity index (χ1) is 9.90. The number of hydrogen-bond acceptors (Lipinski definition) is 3. The number of nitrogens with zero attached hydrogens (tertiary/aromatic N) is 1. The zero-order valence-corrected chi connectivity index (χ0v) is 13.4. The Kier molecular flexibility index (Phi) is 6.82. The molecule has 3 nitrogen and oxygen atoms in total. The van der Waals surface area contributed by atoms with Crippen LogP contribution < -0.4 is 0 Å². The zero-order chi connectivity index (χ0) is 16.0. The molecular weight excluding hydrogens is 269 g/mol. The molecule has 1 atom stereocenters. The number of benzene rings is 1. The number of phenols is 1. The Labute approximate surface area is 126 Å². The van der Waals surface area contributed by atoms with Crippen molar-refractivity contribution in [2.75, 3.05) is 6.54 Å². The second kappa shape index (κ2) is 8.13. The van der Waals surface area contributed by atoms with Gasteiger partial charge in [-0.1, -0.05) is 20.3 Å². The van der Waals surface area contributed by atoms with E-state index in [1.54, 1.807) is 0 Å². The largest absolute Gasteiger partial charge is 0.507 e. The summed E-state index contributed by atoms with van der Waals surface area (Å²) in [6.07, 6.45) is 3.13. The number of halogens is 1.